The summed E-state index contributed by atoms with van der Waals surface area (Å²) in [7, 11) is 0. The number of nitrogen functional groups attached to an aromatic ring is 1. The highest BCUT2D eigenvalue weighted by Gasteiger charge is 2.07. The molecule has 5 nitrogen and oxygen atoms in total. The molecule has 0 saturated heterocycles. The van der Waals surface area contributed by atoms with Crippen molar-refractivity contribution in [1.29, 1.82) is 0 Å². The Hall–Kier alpha value is -0.860. The first-order valence-corrected chi connectivity index (χ1v) is 6.77. The van der Waals surface area contributed by atoms with Crippen LogP contribution in [-0.4, -0.2) is 26.4 Å². The lowest BCUT2D eigenvalue weighted by Gasteiger charge is -1.95. The van der Waals surface area contributed by atoms with E-state index in [1.807, 2.05) is 6.26 Å². The lowest BCUT2D eigenvalue weighted by atomic mass is 10.6. The maximum absolute atomic E-state index is 5.54. The Morgan fingerprint density at radius 2 is 2.13 bits per heavy atom. The number of nitrogens with zero attached hydrogens (tertiary/aromatic N) is 4. The van der Waals surface area contributed by atoms with Crippen molar-refractivity contribution in [2.24, 2.45) is 0 Å². The van der Waals surface area contributed by atoms with Crippen molar-refractivity contribution in [3.8, 4) is 0 Å². The van der Waals surface area contributed by atoms with E-state index in [1.54, 1.807) is 24.0 Å². The predicted octanol–water partition coefficient (Wildman–Crippen LogP) is 1.78. The molecule has 0 atom stereocenters. The van der Waals surface area contributed by atoms with Gasteiger partial charge in [-0.3, -0.25) is 0 Å². The third-order valence-corrected chi connectivity index (χ3v) is 4.23. The van der Waals surface area contributed by atoms with Crippen LogP contribution in [-0.2, 0) is 0 Å². The molecule has 15 heavy (non-hydrogen) atoms. The van der Waals surface area contributed by atoms with Crippen molar-refractivity contribution in [2.45, 2.75) is 13.8 Å². The summed E-state index contributed by atoms with van der Waals surface area (Å²) in [6.07, 6.45) is 3.59. The van der Waals surface area contributed by atoms with Gasteiger partial charge in [-0.2, -0.15) is 0 Å². The number of anilines is 1. The van der Waals surface area contributed by atoms with Crippen LogP contribution in [0.25, 0.3) is 0 Å². The van der Waals surface area contributed by atoms with E-state index in [0.29, 0.717) is 11.0 Å². The summed E-state index contributed by atoms with van der Waals surface area (Å²) in [5, 5.41) is 8.58. The van der Waals surface area contributed by atoms with Gasteiger partial charge in [-0.25, -0.2) is 9.97 Å². The van der Waals surface area contributed by atoms with E-state index in [2.05, 4.69) is 20.2 Å². The van der Waals surface area contributed by atoms with E-state index in [9.17, 15) is 0 Å². The maximum Gasteiger partial charge on any atom is 0.196 e. The largest absolute Gasteiger partial charge is 0.384 e. The van der Waals surface area contributed by atoms with Crippen molar-refractivity contribution in [3.05, 3.63) is 12.3 Å². The standard InChI is InChI=1S/C7H7N5S3/c1-13-6-11-12-7(15-6)14-5-9-3-2-4(8)10-5/h2-3H,1H3,(H2,8,9,10). The molecule has 2 heterocycles. The molecule has 0 spiro atoms. The fourth-order valence-electron chi connectivity index (χ4n) is 0.802. The fourth-order valence-corrected chi connectivity index (χ4v) is 3.10. The quantitative estimate of drug-likeness (QED) is 0.663. The van der Waals surface area contributed by atoms with Crippen molar-refractivity contribution >= 4 is 40.7 Å². The Labute approximate surface area is 98.9 Å². The van der Waals surface area contributed by atoms with Crippen molar-refractivity contribution in [1.82, 2.24) is 20.2 Å². The van der Waals surface area contributed by atoms with Gasteiger partial charge in [-0.1, -0.05) is 23.1 Å². The molecule has 0 aliphatic heterocycles. The van der Waals surface area contributed by atoms with E-state index >= 15 is 0 Å². The summed E-state index contributed by atoms with van der Waals surface area (Å²) in [5.41, 5.74) is 5.54. The van der Waals surface area contributed by atoms with Gasteiger partial charge >= 0.3 is 0 Å². The molecular weight excluding hydrogens is 250 g/mol. The van der Waals surface area contributed by atoms with Gasteiger partial charge in [0.15, 0.2) is 13.8 Å². The Morgan fingerprint density at radius 3 is 2.80 bits per heavy atom. The summed E-state index contributed by atoms with van der Waals surface area (Å²) in [6, 6.07) is 1.65. The van der Waals surface area contributed by atoms with Crippen LogP contribution in [0.5, 0.6) is 0 Å². The minimum atomic E-state index is 0.460. The smallest absolute Gasteiger partial charge is 0.196 e. The first kappa shape index (κ1) is 10.7. The molecule has 8 heteroatoms. The van der Waals surface area contributed by atoms with E-state index in [4.69, 9.17) is 5.73 Å². The molecule has 0 saturated carbocycles. The highest BCUT2D eigenvalue weighted by molar-refractivity contribution is 8.02. The van der Waals surface area contributed by atoms with Crippen LogP contribution in [0.15, 0.2) is 26.1 Å². The maximum atomic E-state index is 5.54. The van der Waals surface area contributed by atoms with Crippen molar-refractivity contribution < 1.29 is 0 Å². The molecular formula is C7H7N5S3. The van der Waals surface area contributed by atoms with E-state index in [-0.39, 0.29) is 0 Å². The van der Waals surface area contributed by atoms with Crippen LogP contribution in [0.4, 0.5) is 5.82 Å². The summed E-state index contributed by atoms with van der Waals surface area (Å²) in [4.78, 5) is 8.14. The number of aromatic nitrogens is 4. The van der Waals surface area contributed by atoms with Gasteiger partial charge in [0.05, 0.1) is 0 Å². The summed E-state index contributed by atoms with van der Waals surface area (Å²) < 4.78 is 1.76. The van der Waals surface area contributed by atoms with Crippen molar-refractivity contribution in [2.75, 3.05) is 12.0 Å². The molecule has 0 bridgehead atoms. The van der Waals surface area contributed by atoms with Crippen LogP contribution in [0.1, 0.15) is 0 Å². The number of rotatable bonds is 3. The minimum Gasteiger partial charge on any atom is -0.384 e. The Balaban J connectivity index is 2.14. The second-order valence-corrected chi connectivity index (χ2v) is 5.65. The first-order chi connectivity index (χ1) is 7.28. The Kier molecular flexibility index (Phi) is 3.39. The average molecular weight is 257 g/mol. The monoisotopic (exact) mass is 257 g/mol. The molecule has 2 aromatic rings. The Morgan fingerprint density at radius 1 is 1.33 bits per heavy atom. The molecule has 0 aliphatic rings. The first-order valence-electron chi connectivity index (χ1n) is 3.92. The van der Waals surface area contributed by atoms with Gasteiger partial charge < -0.3 is 5.73 Å². The molecule has 2 aromatic heterocycles. The van der Waals surface area contributed by atoms with Gasteiger partial charge in [0, 0.05) is 6.20 Å². The van der Waals surface area contributed by atoms with Gasteiger partial charge in [-0.15, -0.1) is 10.2 Å². The van der Waals surface area contributed by atoms with Gasteiger partial charge in [0.25, 0.3) is 0 Å². The van der Waals surface area contributed by atoms with Crippen LogP contribution in [0.3, 0.4) is 0 Å². The Bertz CT molecular complexity index is 457. The van der Waals surface area contributed by atoms with E-state index in [0.717, 1.165) is 8.68 Å². The topological polar surface area (TPSA) is 77.6 Å². The van der Waals surface area contributed by atoms with Gasteiger partial charge in [0.2, 0.25) is 0 Å². The minimum absolute atomic E-state index is 0.460. The lowest BCUT2D eigenvalue weighted by molar-refractivity contribution is 0.939. The number of nitrogens with two attached hydrogens (primary N) is 1. The third-order valence-electron chi connectivity index (χ3n) is 1.40. The molecule has 2 N–H and O–H groups in total. The molecule has 0 amide bonds. The average Bonchev–Trinajstić information content (AvgIpc) is 2.65. The number of hydrogen-bond acceptors (Lipinski definition) is 8. The number of thioether (sulfide) groups is 1. The lowest BCUT2D eigenvalue weighted by Crippen LogP contribution is -1.92. The molecule has 0 aliphatic carbocycles. The molecule has 0 aromatic carbocycles. The van der Waals surface area contributed by atoms with Crippen molar-refractivity contribution in [3.63, 3.8) is 0 Å². The zero-order valence-electron chi connectivity index (χ0n) is 7.75. The molecule has 78 valence electrons. The highest BCUT2D eigenvalue weighted by atomic mass is 32.2. The second-order valence-electron chi connectivity index (χ2n) is 2.40. The van der Waals surface area contributed by atoms with Crippen LogP contribution in [0.2, 0.25) is 0 Å². The molecule has 2 rings (SSSR count). The molecule has 0 fully saturated rings. The second kappa shape index (κ2) is 4.77. The predicted molar refractivity (Wildman–Crippen MR) is 62.3 cm³/mol. The van der Waals surface area contributed by atoms with Gasteiger partial charge in [-0.05, 0) is 24.1 Å². The third kappa shape index (κ3) is 2.80. The van der Waals surface area contributed by atoms with Crippen LogP contribution < -0.4 is 5.73 Å². The summed E-state index contributed by atoms with van der Waals surface area (Å²) >= 11 is 4.45. The summed E-state index contributed by atoms with van der Waals surface area (Å²) in [6.45, 7) is 0. The van der Waals surface area contributed by atoms with E-state index in [1.165, 1.54) is 23.1 Å². The highest BCUT2D eigenvalue weighted by Crippen LogP contribution is 2.30. The van der Waals surface area contributed by atoms with Crippen LogP contribution in [0, 0.1) is 0 Å². The zero-order valence-corrected chi connectivity index (χ0v) is 10.2. The normalized spacial score (nSPS) is 10.5. The van der Waals surface area contributed by atoms with E-state index < -0.39 is 0 Å². The van der Waals surface area contributed by atoms with Gasteiger partial charge in [0.1, 0.15) is 5.82 Å². The number of hydrogen-bond donors (Lipinski definition) is 1. The van der Waals surface area contributed by atoms with Crippen LogP contribution >= 0.6 is 34.9 Å². The molecule has 0 radical (unpaired) electrons. The fraction of sp³-hybridized carbons (Fsp3) is 0.143. The SMILES string of the molecule is CSc1nnc(Sc2nccc(N)n2)s1. The summed E-state index contributed by atoms with van der Waals surface area (Å²) in [5.74, 6) is 0.460. The zero-order chi connectivity index (χ0) is 10.7. The molecule has 0 unspecified atom stereocenters.